The van der Waals surface area contributed by atoms with Gasteiger partial charge in [0, 0.05) is 19.3 Å². The number of carbonyl (C=O) groups excluding carboxylic acids is 3. The quantitative estimate of drug-likeness (QED) is 0.0261. The summed E-state index contributed by atoms with van der Waals surface area (Å²) >= 11 is 0. The van der Waals surface area contributed by atoms with Gasteiger partial charge < -0.3 is 14.2 Å². The molecule has 0 bridgehead atoms. The molecule has 1 atom stereocenters. The lowest BCUT2D eigenvalue weighted by atomic mass is 10.0. The highest BCUT2D eigenvalue weighted by molar-refractivity contribution is 5.71. The first kappa shape index (κ1) is 71.2. The van der Waals surface area contributed by atoms with Gasteiger partial charge in [-0.25, -0.2) is 0 Å². The Kier molecular flexibility index (Phi) is 61.1. The van der Waals surface area contributed by atoms with Crippen LogP contribution in [-0.2, 0) is 28.6 Å². The summed E-state index contributed by atoms with van der Waals surface area (Å²) in [5.41, 5.74) is 0. The first-order valence-electron chi connectivity index (χ1n) is 33.2. The van der Waals surface area contributed by atoms with Gasteiger partial charge in [0.05, 0.1) is 0 Å². The average Bonchev–Trinajstić information content (AvgIpc) is 3.39. The minimum absolute atomic E-state index is 0.0630. The molecule has 0 rings (SSSR count). The van der Waals surface area contributed by atoms with Gasteiger partial charge in [-0.1, -0.05) is 328 Å². The van der Waals surface area contributed by atoms with Crippen LogP contribution in [0.25, 0.3) is 0 Å². The van der Waals surface area contributed by atoms with Crippen LogP contribution in [0.2, 0.25) is 0 Å². The molecule has 6 nitrogen and oxygen atoms in total. The van der Waals surface area contributed by atoms with Crippen molar-refractivity contribution in [2.75, 3.05) is 13.2 Å². The van der Waals surface area contributed by atoms with Crippen LogP contribution in [0, 0.1) is 0 Å². The van der Waals surface area contributed by atoms with Crippen molar-refractivity contribution in [1.82, 2.24) is 0 Å². The maximum Gasteiger partial charge on any atom is 0.306 e. The van der Waals surface area contributed by atoms with Gasteiger partial charge in [0.25, 0.3) is 0 Å². The summed E-state index contributed by atoms with van der Waals surface area (Å²) in [5, 5.41) is 0. The van der Waals surface area contributed by atoms with Gasteiger partial charge in [-0.3, -0.25) is 14.4 Å². The largest absolute Gasteiger partial charge is 0.462 e. The maximum atomic E-state index is 12.8. The van der Waals surface area contributed by atoms with E-state index in [1.54, 1.807) is 0 Å². The van der Waals surface area contributed by atoms with Crippen molar-refractivity contribution in [2.24, 2.45) is 0 Å². The number of esters is 3. The van der Waals surface area contributed by atoms with Crippen LogP contribution in [0.4, 0.5) is 0 Å². The fourth-order valence-electron chi connectivity index (χ4n) is 10.3. The zero-order chi connectivity index (χ0) is 52.9. The van der Waals surface area contributed by atoms with E-state index >= 15 is 0 Å². The molecule has 0 saturated carbocycles. The van der Waals surface area contributed by atoms with Gasteiger partial charge in [-0.15, -0.1) is 0 Å². The van der Waals surface area contributed by atoms with Crippen LogP contribution in [0.15, 0.2) is 12.2 Å². The molecule has 0 amide bonds. The molecule has 0 aliphatic carbocycles. The maximum absolute atomic E-state index is 12.8. The van der Waals surface area contributed by atoms with Crippen LogP contribution in [-0.4, -0.2) is 37.2 Å². The standard InChI is InChI=1S/C67H128O6/c1-4-7-10-13-16-18-20-22-24-25-26-27-28-29-30-31-32-33-34-35-36-37-38-39-40-41-43-44-46-48-51-54-57-60-66(69)72-63-64(62-71-65(68)59-56-53-50-15-12-9-6-3)73-67(70)61-58-55-52-49-47-45-42-23-21-19-17-14-11-8-5-2/h25-26,64H,4-24,27-63H2,1-3H3/b26-25-. The number of allylic oxidation sites excluding steroid dienone is 2. The van der Waals surface area contributed by atoms with Crippen LogP contribution in [0.3, 0.4) is 0 Å². The summed E-state index contributed by atoms with van der Waals surface area (Å²) in [6, 6.07) is 0. The van der Waals surface area contributed by atoms with Crippen LogP contribution < -0.4 is 0 Å². The Bertz CT molecular complexity index is 1130. The number of hydrogen-bond acceptors (Lipinski definition) is 6. The van der Waals surface area contributed by atoms with Crippen molar-refractivity contribution in [3.8, 4) is 0 Å². The van der Waals surface area contributed by atoms with E-state index < -0.39 is 6.10 Å². The Morgan fingerprint density at radius 2 is 0.452 bits per heavy atom. The molecule has 0 aromatic heterocycles. The molecule has 0 aromatic carbocycles. The molecule has 0 fully saturated rings. The van der Waals surface area contributed by atoms with Crippen LogP contribution >= 0.6 is 0 Å². The van der Waals surface area contributed by atoms with E-state index in [0.717, 1.165) is 57.8 Å². The van der Waals surface area contributed by atoms with Gasteiger partial charge >= 0.3 is 17.9 Å². The Morgan fingerprint density at radius 1 is 0.260 bits per heavy atom. The molecule has 432 valence electrons. The SMILES string of the molecule is CCCCCCCCCC/C=C\CCCCCCCCCCCCCCCCCCCCCCCC(=O)OCC(COC(=O)CCCCCCCCC)OC(=O)CCCCCCCCCCCCCCCCC. The Morgan fingerprint density at radius 3 is 0.685 bits per heavy atom. The molecule has 6 heteroatoms. The Balaban J connectivity index is 3.91. The van der Waals surface area contributed by atoms with E-state index in [0.29, 0.717) is 19.3 Å². The lowest BCUT2D eigenvalue weighted by Gasteiger charge is -2.18. The predicted octanol–water partition coefficient (Wildman–Crippen LogP) is 22.4. The van der Waals surface area contributed by atoms with Gasteiger partial charge in [0.1, 0.15) is 13.2 Å². The first-order valence-corrected chi connectivity index (χ1v) is 33.2. The molecule has 0 heterocycles. The van der Waals surface area contributed by atoms with Crippen molar-refractivity contribution in [2.45, 2.75) is 386 Å². The zero-order valence-electron chi connectivity index (χ0n) is 49.7. The molecular weight excluding hydrogens is 901 g/mol. The molecule has 0 aliphatic heterocycles. The molecule has 1 unspecified atom stereocenters. The molecule has 0 N–H and O–H groups in total. The molecule has 0 aromatic rings. The van der Waals surface area contributed by atoms with Gasteiger partial charge in [0.15, 0.2) is 6.10 Å². The van der Waals surface area contributed by atoms with Crippen molar-refractivity contribution in [3.05, 3.63) is 12.2 Å². The smallest absolute Gasteiger partial charge is 0.306 e. The number of ether oxygens (including phenoxy) is 3. The predicted molar refractivity (Wildman–Crippen MR) is 317 cm³/mol. The third-order valence-corrected chi connectivity index (χ3v) is 15.3. The monoisotopic (exact) mass is 1030 g/mol. The van der Waals surface area contributed by atoms with Gasteiger partial charge in [-0.2, -0.15) is 0 Å². The van der Waals surface area contributed by atoms with E-state index in [-0.39, 0.29) is 31.1 Å². The zero-order valence-corrected chi connectivity index (χ0v) is 49.7. The third kappa shape index (κ3) is 60.9. The fourth-order valence-corrected chi connectivity index (χ4v) is 10.3. The summed E-state index contributed by atoms with van der Waals surface area (Å²) in [4.78, 5) is 38.0. The number of carbonyl (C=O) groups is 3. The summed E-state index contributed by atoms with van der Waals surface area (Å²) in [5.74, 6) is -0.843. The summed E-state index contributed by atoms with van der Waals surface area (Å²) in [6.07, 6.45) is 74.2. The normalized spacial score (nSPS) is 12.0. The molecule has 0 saturated heterocycles. The fraction of sp³-hybridized carbons (Fsp3) is 0.925. The lowest BCUT2D eigenvalue weighted by molar-refractivity contribution is -0.167. The van der Waals surface area contributed by atoms with E-state index in [1.807, 2.05) is 0 Å². The highest BCUT2D eigenvalue weighted by Crippen LogP contribution is 2.18. The number of unbranched alkanes of at least 4 members (excludes halogenated alkanes) is 49. The van der Waals surface area contributed by atoms with Crippen LogP contribution in [0.5, 0.6) is 0 Å². The summed E-state index contributed by atoms with van der Waals surface area (Å²) in [6.45, 7) is 6.66. The molecule has 0 aliphatic rings. The second-order valence-electron chi connectivity index (χ2n) is 22.7. The molecule has 0 radical (unpaired) electrons. The van der Waals surface area contributed by atoms with Crippen molar-refractivity contribution >= 4 is 17.9 Å². The average molecular weight is 1030 g/mol. The third-order valence-electron chi connectivity index (χ3n) is 15.3. The Hall–Kier alpha value is -1.85. The highest BCUT2D eigenvalue weighted by atomic mass is 16.6. The van der Waals surface area contributed by atoms with E-state index in [1.165, 1.54) is 283 Å². The molecular formula is C67H128O6. The lowest BCUT2D eigenvalue weighted by Crippen LogP contribution is -2.30. The minimum atomic E-state index is -0.762. The topological polar surface area (TPSA) is 78.9 Å². The minimum Gasteiger partial charge on any atom is -0.462 e. The molecule has 73 heavy (non-hydrogen) atoms. The van der Waals surface area contributed by atoms with E-state index in [9.17, 15) is 14.4 Å². The van der Waals surface area contributed by atoms with Gasteiger partial charge in [-0.05, 0) is 44.9 Å². The van der Waals surface area contributed by atoms with E-state index in [2.05, 4.69) is 32.9 Å². The van der Waals surface area contributed by atoms with Crippen molar-refractivity contribution in [1.29, 1.82) is 0 Å². The number of hydrogen-bond donors (Lipinski definition) is 0. The molecule has 0 spiro atoms. The van der Waals surface area contributed by atoms with Gasteiger partial charge in [0.2, 0.25) is 0 Å². The second kappa shape index (κ2) is 62.7. The highest BCUT2D eigenvalue weighted by Gasteiger charge is 2.19. The second-order valence-corrected chi connectivity index (χ2v) is 22.7. The van der Waals surface area contributed by atoms with Crippen molar-refractivity contribution < 1.29 is 28.6 Å². The summed E-state index contributed by atoms with van der Waals surface area (Å²) < 4.78 is 16.8. The van der Waals surface area contributed by atoms with E-state index in [4.69, 9.17) is 14.2 Å². The Labute approximate surface area is 456 Å². The summed E-state index contributed by atoms with van der Waals surface area (Å²) in [7, 11) is 0. The first-order chi connectivity index (χ1) is 36.0. The van der Waals surface area contributed by atoms with Crippen LogP contribution in [0.1, 0.15) is 380 Å². The van der Waals surface area contributed by atoms with Crippen molar-refractivity contribution in [3.63, 3.8) is 0 Å². The number of rotatable bonds is 62.